The smallest absolute Gasteiger partial charge is 0.328 e. The lowest BCUT2D eigenvalue weighted by Gasteiger charge is -2.20. The third kappa shape index (κ3) is 5.92. The topological polar surface area (TPSA) is 75.6 Å². The summed E-state index contributed by atoms with van der Waals surface area (Å²) >= 11 is 2.18. The van der Waals surface area contributed by atoms with Crippen LogP contribution in [0.4, 0.5) is 0 Å². The Morgan fingerprint density at radius 1 is 1.32 bits per heavy atom. The number of rotatable bonds is 7. The summed E-state index contributed by atoms with van der Waals surface area (Å²) in [4.78, 5) is 23.9. The van der Waals surface area contributed by atoms with Crippen molar-refractivity contribution in [1.29, 1.82) is 0 Å². The predicted molar refractivity (Wildman–Crippen MR) is 92.3 cm³/mol. The summed E-state index contributed by atoms with van der Waals surface area (Å²) < 4.78 is 5.75. The van der Waals surface area contributed by atoms with E-state index < -0.39 is 24.0 Å². The first-order valence-corrected chi connectivity index (χ1v) is 8.22. The fraction of sp³-hybridized carbons (Fsp3) is 0.500. The Morgan fingerprint density at radius 2 is 1.95 bits per heavy atom. The van der Waals surface area contributed by atoms with Gasteiger partial charge in [0.1, 0.15) is 12.1 Å². The van der Waals surface area contributed by atoms with Gasteiger partial charge >= 0.3 is 5.97 Å². The zero-order chi connectivity index (χ0) is 16.7. The maximum atomic E-state index is 12.0. The van der Waals surface area contributed by atoms with Gasteiger partial charge in [0.05, 0.1) is 7.11 Å². The lowest BCUT2D eigenvalue weighted by Crippen LogP contribution is -2.47. The second-order valence-corrected chi connectivity index (χ2v) is 6.69. The van der Waals surface area contributed by atoms with Crippen molar-refractivity contribution >= 4 is 34.5 Å². The number of esters is 1. The number of ether oxygens (including phenoxy) is 1. The normalized spacial score (nSPS) is 13.5. The Balaban J connectivity index is 2.79. The minimum absolute atomic E-state index is 0.187. The van der Waals surface area contributed by atoms with Crippen LogP contribution < -0.4 is 5.32 Å². The molecule has 2 atom stereocenters. The summed E-state index contributed by atoms with van der Waals surface area (Å²) in [6, 6.07) is 6.80. The van der Waals surface area contributed by atoms with Gasteiger partial charge in [0.15, 0.2) is 0 Å². The Morgan fingerprint density at radius 3 is 2.50 bits per heavy atom. The number of aliphatic hydroxyl groups excluding tert-OH is 1. The molecule has 1 aromatic rings. The Bertz CT molecular complexity index is 519. The van der Waals surface area contributed by atoms with Crippen LogP contribution in [0.1, 0.15) is 25.8 Å². The second kappa shape index (κ2) is 9.09. The Hall–Kier alpha value is -1.15. The largest absolute Gasteiger partial charge is 0.467 e. The van der Waals surface area contributed by atoms with Crippen LogP contribution in [0, 0.1) is 9.49 Å². The molecule has 1 aromatic carbocycles. The summed E-state index contributed by atoms with van der Waals surface area (Å²) in [5, 5.41) is 12.4. The van der Waals surface area contributed by atoms with Crippen molar-refractivity contribution < 1.29 is 19.4 Å². The third-order valence-corrected chi connectivity index (χ3v) is 4.23. The number of methoxy groups -OCH3 is 1. The highest BCUT2D eigenvalue weighted by molar-refractivity contribution is 14.1. The van der Waals surface area contributed by atoms with E-state index in [4.69, 9.17) is 4.74 Å². The van der Waals surface area contributed by atoms with Gasteiger partial charge in [-0.2, -0.15) is 0 Å². The van der Waals surface area contributed by atoms with Crippen LogP contribution in [0.15, 0.2) is 24.3 Å². The zero-order valence-electron chi connectivity index (χ0n) is 13.0. The summed E-state index contributed by atoms with van der Waals surface area (Å²) in [6.45, 7) is 3.83. The molecule has 0 aliphatic carbocycles. The van der Waals surface area contributed by atoms with Gasteiger partial charge in [-0.05, 0) is 46.6 Å². The van der Waals surface area contributed by atoms with Gasteiger partial charge < -0.3 is 15.2 Å². The first kappa shape index (κ1) is 18.9. The van der Waals surface area contributed by atoms with Gasteiger partial charge in [-0.15, -0.1) is 0 Å². The monoisotopic (exact) mass is 419 g/mol. The van der Waals surface area contributed by atoms with Gasteiger partial charge in [-0.3, -0.25) is 4.79 Å². The highest BCUT2D eigenvalue weighted by atomic mass is 127. The van der Waals surface area contributed by atoms with Crippen molar-refractivity contribution in [3.8, 4) is 0 Å². The molecule has 0 aliphatic heterocycles. The number of amides is 1. The number of benzene rings is 1. The van der Waals surface area contributed by atoms with E-state index in [0.29, 0.717) is 12.8 Å². The van der Waals surface area contributed by atoms with Gasteiger partial charge in [0.25, 0.3) is 0 Å². The molecule has 0 saturated heterocycles. The zero-order valence-corrected chi connectivity index (χ0v) is 15.2. The molecule has 1 amide bonds. The van der Waals surface area contributed by atoms with E-state index in [1.54, 1.807) is 0 Å². The van der Waals surface area contributed by atoms with Crippen LogP contribution in [-0.2, 0) is 20.7 Å². The molecule has 0 heterocycles. The van der Waals surface area contributed by atoms with E-state index >= 15 is 0 Å². The van der Waals surface area contributed by atoms with Crippen molar-refractivity contribution in [3.63, 3.8) is 0 Å². The van der Waals surface area contributed by atoms with E-state index in [-0.39, 0.29) is 5.92 Å². The van der Waals surface area contributed by atoms with Crippen molar-refractivity contribution in [1.82, 2.24) is 5.32 Å². The first-order valence-electron chi connectivity index (χ1n) is 7.14. The molecule has 0 spiro atoms. The molecule has 5 nitrogen and oxygen atoms in total. The number of carbonyl (C=O) groups is 2. The minimum Gasteiger partial charge on any atom is -0.467 e. The minimum atomic E-state index is -1.12. The van der Waals surface area contributed by atoms with Gasteiger partial charge in [0, 0.05) is 9.99 Å². The average molecular weight is 419 g/mol. The van der Waals surface area contributed by atoms with Gasteiger partial charge in [-0.1, -0.05) is 32.0 Å². The summed E-state index contributed by atoms with van der Waals surface area (Å²) in [7, 11) is 1.28. The second-order valence-electron chi connectivity index (χ2n) is 5.53. The molecule has 0 saturated carbocycles. The molecule has 6 heteroatoms. The predicted octanol–water partition coefficient (Wildman–Crippen LogP) is 1.90. The molecular formula is C16H22INO4. The van der Waals surface area contributed by atoms with Crippen molar-refractivity contribution in [2.24, 2.45) is 5.92 Å². The Labute approximate surface area is 144 Å². The molecule has 0 aromatic heterocycles. The van der Waals surface area contributed by atoms with Crippen molar-refractivity contribution in [3.05, 3.63) is 33.4 Å². The molecule has 122 valence electrons. The van der Waals surface area contributed by atoms with E-state index in [1.165, 1.54) is 7.11 Å². The number of carbonyl (C=O) groups excluding carboxylic acids is 2. The SMILES string of the molecule is COC(=O)[C@@H](Cc1ccccc1I)NC(=O)[C@H](O)CC(C)C. The molecule has 2 N–H and O–H groups in total. The number of halogens is 1. The van der Waals surface area contributed by atoms with E-state index in [1.807, 2.05) is 38.1 Å². The molecule has 1 rings (SSSR count). The number of hydrogen-bond acceptors (Lipinski definition) is 4. The number of hydrogen-bond donors (Lipinski definition) is 2. The third-order valence-electron chi connectivity index (χ3n) is 3.18. The van der Waals surface area contributed by atoms with Crippen LogP contribution in [0.5, 0.6) is 0 Å². The van der Waals surface area contributed by atoms with Crippen LogP contribution in [0.2, 0.25) is 0 Å². The molecular weight excluding hydrogens is 397 g/mol. The highest BCUT2D eigenvalue weighted by Gasteiger charge is 2.26. The lowest BCUT2D eigenvalue weighted by molar-refractivity contribution is -0.146. The van der Waals surface area contributed by atoms with Gasteiger partial charge in [-0.25, -0.2) is 4.79 Å². The van der Waals surface area contributed by atoms with Crippen LogP contribution >= 0.6 is 22.6 Å². The highest BCUT2D eigenvalue weighted by Crippen LogP contribution is 2.14. The van der Waals surface area contributed by atoms with Crippen molar-refractivity contribution in [2.75, 3.05) is 7.11 Å². The fourth-order valence-electron chi connectivity index (χ4n) is 2.04. The fourth-order valence-corrected chi connectivity index (χ4v) is 2.65. The number of nitrogens with one attached hydrogen (secondary N) is 1. The number of aliphatic hydroxyl groups is 1. The van der Waals surface area contributed by atoms with Crippen LogP contribution in [0.25, 0.3) is 0 Å². The maximum absolute atomic E-state index is 12.0. The van der Waals surface area contributed by atoms with Crippen molar-refractivity contribution in [2.45, 2.75) is 38.8 Å². The molecule has 0 fully saturated rings. The van der Waals surface area contributed by atoms with Gasteiger partial charge in [0.2, 0.25) is 5.91 Å². The average Bonchev–Trinajstić information content (AvgIpc) is 2.47. The molecule has 0 aliphatic rings. The molecule has 0 unspecified atom stereocenters. The van der Waals surface area contributed by atoms with E-state index in [9.17, 15) is 14.7 Å². The molecule has 0 bridgehead atoms. The first-order chi connectivity index (χ1) is 10.3. The quantitative estimate of drug-likeness (QED) is 0.523. The standard InChI is InChI=1S/C16H22INO4/c1-10(2)8-14(19)15(20)18-13(16(21)22-3)9-11-6-4-5-7-12(11)17/h4-7,10,13-14,19H,8-9H2,1-3H3,(H,18,20)/t13-,14-/m1/s1. The summed E-state index contributed by atoms with van der Waals surface area (Å²) in [5.41, 5.74) is 0.942. The Kier molecular flexibility index (Phi) is 7.81. The maximum Gasteiger partial charge on any atom is 0.328 e. The molecule has 22 heavy (non-hydrogen) atoms. The van der Waals surface area contributed by atoms with E-state index in [0.717, 1.165) is 9.13 Å². The summed E-state index contributed by atoms with van der Waals surface area (Å²) in [5.74, 6) is -0.882. The van der Waals surface area contributed by atoms with E-state index in [2.05, 4.69) is 27.9 Å². The lowest BCUT2D eigenvalue weighted by atomic mass is 10.0. The van der Waals surface area contributed by atoms with Crippen LogP contribution in [-0.4, -0.2) is 36.2 Å². The summed E-state index contributed by atoms with van der Waals surface area (Å²) in [6.07, 6.45) is -0.448. The molecule has 0 radical (unpaired) electrons. The van der Waals surface area contributed by atoms with Crippen LogP contribution in [0.3, 0.4) is 0 Å².